The Morgan fingerprint density at radius 3 is 2.71 bits per heavy atom. The predicted molar refractivity (Wildman–Crippen MR) is 81.5 cm³/mol. The van der Waals surface area contributed by atoms with E-state index in [0.29, 0.717) is 29.8 Å². The second-order valence-electron chi connectivity index (χ2n) is 6.19. The van der Waals surface area contributed by atoms with Crippen molar-refractivity contribution in [1.29, 1.82) is 0 Å². The summed E-state index contributed by atoms with van der Waals surface area (Å²) in [6.07, 6.45) is 5.02. The van der Waals surface area contributed by atoms with Crippen molar-refractivity contribution >= 4 is 15.7 Å². The minimum Gasteiger partial charge on any atom is -0.495 e. The van der Waals surface area contributed by atoms with Crippen LogP contribution in [0.25, 0.3) is 0 Å². The molecule has 0 heterocycles. The van der Waals surface area contributed by atoms with Crippen LogP contribution in [0.1, 0.15) is 25.7 Å². The van der Waals surface area contributed by atoms with Crippen molar-refractivity contribution in [3.63, 3.8) is 0 Å². The number of nitrogens with one attached hydrogen (secondary N) is 1. The van der Waals surface area contributed by atoms with E-state index in [1.54, 1.807) is 6.07 Å². The van der Waals surface area contributed by atoms with Gasteiger partial charge in [0.15, 0.2) is 0 Å². The lowest BCUT2D eigenvalue weighted by atomic mass is 9.89. The Bertz CT molecular complexity index is 630. The van der Waals surface area contributed by atoms with E-state index < -0.39 is 10.0 Å². The SMILES string of the molecule is COc1ccc(S(=O)(=O)NCC2CC3CCC2C3)cc1N. The summed E-state index contributed by atoms with van der Waals surface area (Å²) in [7, 11) is -1.99. The van der Waals surface area contributed by atoms with Gasteiger partial charge >= 0.3 is 0 Å². The number of methoxy groups -OCH3 is 1. The minimum atomic E-state index is -3.50. The maximum absolute atomic E-state index is 12.3. The van der Waals surface area contributed by atoms with Crippen molar-refractivity contribution in [2.24, 2.45) is 17.8 Å². The lowest BCUT2D eigenvalue weighted by Crippen LogP contribution is -2.31. The third-order valence-corrected chi connectivity index (χ3v) is 6.35. The van der Waals surface area contributed by atoms with Crippen LogP contribution in [0.4, 0.5) is 5.69 Å². The first-order chi connectivity index (χ1) is 9.99. The van der Waals surface area contributed by atoms with Gasteiger partial charge in [0.25, 0.3) is 0 Å². The van der Waals surface area contributed by atoms with Crippen molar-refractivity contribution in [2.45, 2.75) is 30.6 Å². The number of hydrogen-bond donors (Lipinski definition) is 2. The molecule has 6 heteroatoms. The van der Waals surface area contributed by atoms with E-state index in [0.717, 1.165) is 12.3 Å². The summed E-state index contributed by atoms with van der Waals surface area (Å²) in [5.41, 5.74) is 6.11. The highest BCUT2D eigenvalue weighted by molar-refractivity contribution is 7.89. The zero-order chi connectivity index (χ0) is 15.0. The summed E-state index contributed by atoms with van der Waals surface area (Å²) in [5.74, 6) is 2.51. The molecule has 2 bridgehead atoms. The number of sulfonamides is 1. The van der Waals surface area contributed by atoms with E-state index in [4.69, 9.17) is 10.5 Å². The molecular weight excluding hydrogens is 288 g/mol. The molecule has 3 atom stereocenters. The van der Waals surface area contributed by atoms with Gasteiger partial charge in [0, 0.05) is 6.54 Å². The Hall–Kier alpha value is -1.27. The summed E-state index contributed by atoms with van der Waals surface area (Å²) >= 11 is 0. The fourth-order valence-corrected chi connectivity index (χ4v) is 4.94. The first-order valence-electron chi connectivity index (χ1n) is 7.43. The molecule has 3 rings (SSSR count). The fourth-order valence-electron chi connectivity index (χ4n) is 3.81. The van der Waals surface area contributed by atoms with Gasteiger partial charge in [0.05, 0.1) is 17.7 Å². The average Bonchev–Trinajstić information content (AvgIpc) is 3.07. The van der Waals surface area contributed by atoms with Gasteiger partial charge < -0.3 is 10.5 Å². The van der Waals surface area contributed by atoms with Crippen molar-refractivity contribution in [2.75, 3.05) is 19.4 Å². The molecule has 2 aliphatic carbocycles. The molecule has 0 amide bonds. The van der Waals surface area contributed by atoms with Gasteiger partial charge in [0.2, 0.25) is 10.0 Å². The molecule has 2 fully saturated rings. The van der Waals surface area contributed by atoms with E-state index in [9.17, 15) is 8.42 Å². The van der Waals surface area contributed by atoms with Crippen molar-refractivity contribution in [3.05, 3.63) is 18.2 Å². The van der Waals surface area contributed by atoms with Crippen LogP contribution >= 0.6 is 0 Å². The number of nitrogen functional groups attached to an aromatic ring is 1. The molecule has 3 unspecified atom stereocenters. The van der Waals surface area contributed by atoms with Gasteiger partial charge in [-0.25, -0.2) is 13.1 Å². The highest BCUT2D eigenvalue weighted by atomic mass is 32.2. The Morgan fingerprint density at radius 1 is 1.33 bits per heavy atom. The molecule has 116 valence electrons. The van der Waals surface area contributed by atoms with Crippen LogP contribution in [0.5, 0.6) is 5.75 Å². The lowest BCUT2D eigenvalue weighted by Gasteiger charge is -2.21. The van der Waals surface area contributed by atoms with Crippen LogP contribution < -0.4 is 15.2 Å². The molecule has 3 N–H and O–H groups in total. The average molecular weight is 310 g/mol. The number of ether oxygens (including phenoxy) is 1. The summed E-state index contributed by atoms with van der Waals surface area (Å²) < 4.78 is 32.5. The number of nitrogens with two attached hydrogens (primary N) is 1. The van der Waals surface area contributed by atoms with Gasteiger partial charge in [-0.2, -0.15) is 0 Å². The normalized spacial score (nSPS) is 28.0. The highest BCUT2D eigenvalue weighted by Crippen LogP contribution is 2.48. The van der Waals surface area contributed by atoms with Crippen LogP contribution in [0.2, 0.25) is 0 Å². The summed E-state index contributed by atoms with van der Waals surface area (Å²) in [5, 5.41) is 0. The third kappa shape index (κ3) is 2.87. The first kappa shape index (κ1) is 14.7. The maximum Gasteiger partial charge on any atom is 0.240 e. The van der Waals surface area contributed by atoms with Gasteiger partial charge in [-0.05, 0) is 55.2 Å². The molecule has 2 saturated carbocycles. The van der Waals surface area contributed by atoms with Gasteiger partial charge in [0.1, 0.15) is 5.75 Å². The monoisotopic (exact) mass is 310 g/mol. The Morgan fingerprint density at radius 2 is 2.14 bits per heavy atom. The molecule has 21 heavy (non-hydrogen) atoms. The van der Waals surface area contributed by atoms with Crippen LogP contribution in [-0.4, -0.2) is 22.1 Å². The van der Waals surface area contributed by atoms with Crippen LogP contribution in [0.15, 0.2) is 23.1 Å². The minimum absolute atomic E-state index is 0.198. The zero-order valence-electron chi connectivity index (χ0n) is 12.2. The third-order valence-electron chi connectivity index (χ3n) is 4.93. The van der Waals surface area contributed by atoms with E-state index in [1.807, 2.05) is 0 Å². The lowest BCUT2D eigenvalue weighted by molar-refractivity contribution is 0.333. The Labute approximate surface area is 125 Å². The Balaban J connectivity index is 1.67. The molecule has 1 aromatic rings. The second-order valence-corrected chi connectivity index (χ2v) is 7.96. The highest BCUT2D eigenvalue weighted by Gasteiger charge is 2.39. The van der Waals surface area contributed by atoms with E-state index in [-0.39, 0.29) is 4.90 Å². The van der Waals surface area contributed by atoms with Crippen LogP contribution in [0.3, 0.4) is 0 Å². The molecule has 1 aromatic carbocycles. The summed E-state index contributed by atoms with van der Waals surface area (Å²) in [4.78, 5) is 0.198. The van der Waals surface area contributed by atoms with Crippen LogP contribution in [-0.2, 0) is 10.0 Å². The molecular formula is C15H22N2O3S. The number of rotatable bonds is 5. The van der Waals surface area contributed by atoms with Crippen molar-refractivity contribution in [1.82, 2.24) is 4.72 Å². The molecule has 0 aromatic heterocycles. The van der Waals surface area contributed by atoms with E-state index in [1.165, 1.54) is 38.5 Å². The molecule has 0 saturated heterocycles. The molecule has 5 nitrogen and oxygen atoms in total. The van der Waals surface area contributed by atoms with Crippen LogP contribution in [0, 0.1) is 17.8 Å². The molecule has 0 spiro atoms. The topological polar surface area (TPSA) is 81.4 Å². The quantitative estimate of drug-likeness (QED) is 0.815. The molecule has 0 radical (unpaired) electrons. The second kappa shape index (κ2) is 5.50. The molecule has 0 aliphatic heterocycles. The first-order valence-corrected chi connectivity index (χ1v) is 8.91. The van der Waals surface area contributed by atoms with Crippen molar-refractivity contribution in [3.8, 4) is 5.75 Å². The Kier molecular flexibility index (Phi) is 3.84. The number of fused-ring (bicyclic) bond motifs is 2. The van der Waals surface area contributed by atoms with Gasteiger partial charge in [-0.15, -0.1) is 0 Å². The van der Waals surface area contributed by atoms with E-state index in [2.05, 4.69) is 4.72 Å². The number of hydrogen-bond acceptors (Lipinski definition) is 4. The van der Waals surface area contributed by atoms with Gasteiger partial charge in [-0.1, -0.05) is 6.42 Å². The van der Waals surface area contributed by atoms with E-state index >= 15 is 0 Å². The van der Waals surface area contributed by atoms with Crippen molar-refractivity contribution < 1.29 is 13.2 Å². The zero-order valence-corrected chi connectivity index (χ0v) is 13.0. The fraction of sp³-hybridized carbons (Fsp3) is 0.600. The number of anilines is 1. The summed E-state index contributed by atoms with van der Waals surface area (Å²) in [6, 6.07) is 4.56. The standard InChI is InChI=1S/C15H22N2O3S/c1-20-15-5-4-13(8-14(15)16)21(18,19)17-9-12-7-10-2-3-11(12)6-10/h4-5,8,10-12,17H,2-3,6-7,9,16H2,1H3. The van der Waals surface area contributed by atoms with Gasteiger partial charge in [-0.3, -0.25) is 0 Å². The predicted octanol–water partition coefficient (Wildman–Crippen LogP) is 1.99. The maximum atomic E-state index is 12.3. The summed E-state index contributed by atoms with van der Waals surface area (Å²) in [6.45, 7) is 0.537. The smallest absolute Gasteiger partial charge is 0.240 e. The molecule has 2 aliphatic rings. The number of benzene rings is 1. The largest absolute Gasteiger partial charge is 0.495 e.